The molecular formula is C14H16N6O6S. The number of rotatable bonds is 6. The Balaban J connectivity index is 1.71. The number of para-hydroxylation sites is 1. The summed E-state index contributed by atoms with van der Waals surface area (Å²) in [6.45, 7) is 1.02. The standard InChI is InChI=1S/C14H16N6O6S/c21-19(22)12-3-1-2-4-13(12)27(25,26)17-9-7-16(8-10-17)11-18-14(20(23)24)5-6-15-18/h1-6H,7-11H2. The molecule has 144 valence electrons. The summed E-state index contributed by atoms with van der Waals surface area (Å²) in [7, 11) is -4.01. The van der Waals surface area contributed by atoms with Crippen molar-refractivity contribution in [3.8, 4) is 0 Å². The number of piperazine rings is 1. The molecule has 1 saturated heterocycles. The molecule has 1 aliphatic rings. The fourth-order valence-corrected chi connectivity index (χ4v) is 4.44. The van der Waals surface area contributed by atoms with Crippen LogP contribution >= 0.6 is 0 Å². The maximum atomic E-state index is 12.8. The molecule has 1 aromatic heterocycles. The lowest BCUT2D eigenvalue weighted by atomic mass is 10.3. The second kappa shape index (κ2) is 7.38. The van der Waals surface area contributed by atoms with Gasteiger partial charge in [0.05, 0.1) is 17.2 Å². The van der Waals surface area contributed by atoms with Crippen molar-refractivity contribution in [3.63, 3.8) is 0 Å². The highest BCUT2D eigenvalue weighted by atomic mass is 32.2. The third kappa shape index (κ3) is 3.79. The summed E-state index contributed by atoms with van der Waals surface area (Å²) in [4.78, 5) is 22.3. The maximum Gasteiger partial charge on any atom is 0.346 e. The lowest BCUT2D eigenvalue weighted by molar-refractivity contribution is -0.393. The quantitative estimate of drug-likeness (QED) is 0.511. The van der Waals surface area contributed by atoms with E-state index in [0.717, 1.165) is 6.07 Å². The summed E-state index contributed by atoms with van der Waals surface area (Å²) in [5.41, 5.74) is -0.466. The Kier molecular flexibility index (Phi) is 5.16. The summed E-state index contributed by atoms with van der Waals surface area (Å²) in [6, 6.07) is 6.50. The second-order valence-corrected chi connectivity index (χ2v) is 7.74. The Morgan fingerprint density at radius 2 is 1.67 bits per heavy atom. The van der Waals surface area contributed by atoms with E-state index in [4.69, 9.17) is 0 Å². The molecule has 1 fully saturated rings. The smallest absolute Gasteiger partial charge is 0.346 e. The average molecular weight is 396 g/mol. The summed E-state index contributed by atoms with van der Waals surface area (Å²) < 4.78 is 28.0. The number of nitro benzene ring substituents is 1. The summed E-state index contributed by atoms with van der Waals surface area (Å²) in [5.74, 6) is -0.148. The van der Waals surface area contributed by atoms with Gasteiger partial charge in [-0.05, 0) is 11.0 Å². The van der Waals surface area contributed by atoms with Crippen LogP contribution in [0.1, 0.15) is 0 Å². The fraction of sp³-hybridized carbons (Fsp3) is 0.357. The summed E-state index contributed by atoms with van der Waals surface area (Å²) in [6.07, 6.45) is 1.33. The molecule has 1 aliphatic heterocycles. The van der Waals surface area contributed by atoms with E-state index in [2.05, 4.69) is 5.10 Å². The van der Waals surface area contributed by atoms with Crippen LogP contribution in [0.5, 0.6) is 0 Å². The normalized spacial score (nSPS) is 16.3. The molecule has 0 unspecified atom stereocenters. The highest BCUT2D eigenvalue weighted by Gasteiger charge is 2.34. The Morgan fingerprint density at radius 3 is 2.30 bits per heavy atom. The largest absolute Gasteiger partial charge is 0.358 e. The van der Waals surface area contributed by atoms with Crippen molar-refractivity contribution in [2.75, 3.05) is 26.2 Å². The monoisotopic (exact) mass is 396 g/mol. The first-order valence-corrected chi connectivity index (χ1v) is 9.37. The topological polar surface area (TPSA) is 145 Å². The van der Waals surface area contributed by atoms with Gasteiger partial charge in [-0.2, -0.15) is 4.31 Å². The van der Waals surface area contributed by atoms with Gasteiger partial charge in [0.25, 0.3) is 5.69 Å². The van der Waals surface area contributed by atoms with E-state index in [1.807, 2.05) is 4.90 Å². The van der Waals surface area contributed by atoms with Gasteiger partial charge in [-0.15, -0.1) is 4.68 Å². The van der Waals surface area contributed by atoms with Crippen LogP contribution in [0.15, 0.2) is 41.4 Å². The zero-order valence-corrected chi connectivity index (χ0v) is 14.9. The first-order valence-electron chi connectivity index (χ1n) is 7.93. The van der Waals surface area contributed by atoms with Gasteiger partial charge in [-0.3, -0.25) is 15.0 Å². The molecule has 0 atom stereocenters. The molecule has 2 aromatic rings. The number of benzene rings is 1. The van der Waals surface area contributed by atoms with Crippen LogP contribution in [-0.2, 0) is 16.7 Å². The number of sulfonamides is 1. The van der Waals surface area contributed by atoms with Crippen LogP contribution in [0.2, 0.25) is 0 Å². The molecule has 0 spiro atoms. The molecule has 12 nitrogen and oxygen atoms in total. The molecule has 0 N–H and O–H groups in total. The van der Waals surface area contributed by atoms with Crippen LogP contribution in [0, 0.1) is 20.2 Å². The van der Waals surface area contributed by atoms with Crippen molar-refractivity contribution in [2.45, 2.75) is 11.6 Å². The van der Waals surface area contributed by atoms with E-state index in [-0.39, 0.29) is 30.5 Å². The van der Waals surface area contributed by atoms with Gasteiger partial charge < -0.3 is 10.1 Å². The van der Waals surface area contributed by atoms with E-state index < -0.39 is 25.6 Å². The van der Waals surface area contributed by atoms with Crippen LogP contribution in [0.4, 0.5) is 11.5 Å². The molecule has 0 bridgehead atoms. The van der Waals surface area contributed by atoms with Gasteiger partial charge in [-0.1, -0.05) is 17.2 Å². The molecule has 0 aliphatic carbocycles. The van der Waals surface area contributed by atoms with Gasteiger partial charge >= 0.3 is 5.82 Å². The van der Waals surface area contributed by atoms with Gasteiger partial charge in [0.15, 0.2) is 11.6 Å². The molecule has 0 amide bonds. The number of nitro groups is 2. The lowest BCUT2D eigenvalue weighted by Gasteiger charge is -2.32. The molecule has 13 heteroatoms. The Hall–Kier alpha value is -2.90. The zero-order valence-electron chi connectivity index (χ0n) is 14.0. The van der Waals surface area contributed by atoms with Gasteiger partial charge in [-0.25, -0.2) is 8.42 Å². The minimum Gasteiger partial charge on any atom is -0.358 e. The number of hydrogen-bond donors (Lipinski definition) is 0. The van der Waals surface area contributed by atoms with Crippen LogP contribution in [0.25, 0.3) is 0 Å². The van der Waals surface area contributed by atoms with Gasteiger partial charge in [0.2, 0.25) is 10.0 Å². The third-order valence-corrected chi connectivity index (χ3v) is 6.17. The minimum absolute atomic E-state index is 0.115. The predicted molar refractivity (Wildman–Crippen MR) is 92.3 cm³/mol. The van der Waals surface area contributed by atoms with Crippen LogP contribution in [0.3, 0.4) is 0 Å². The highest BCUT2D eigenvalue weighted by Crippen LogP contribution is 2.27. The Bertz CT molecular complexity index is 966. The van der Waals surface area contributed by atoms with Crippen molar-refractivity contribution in [1.29, 1.82) is 0 Å². The fourth-order valence-electron chi connectivity index (χ4n) is 2.86. The first kappa shape index (κ1) is 18.9. The van der Waals surface area contributed by atoms with E-state index in [0.29, 0.717) is 13.1 Å². The van der Waals surface area contributed by atoms with Gasteiger partial charge in [0, 0.05) is 32.2 Å². The van der Waals surface area contributed by atoms with Crippen molar-refractivity contribution < 1.29 is 18.3 Å². The SMILES string of the molecule is O=[N+]([O-])c1ccccc1S(=O)(=O)N1CCN(Cn2nccc2[N+](=O)[O-])CC1. The Morgan fingerprint density at radius 1 is 1.00 bits per heavy atom. The lowest BCUT2D eigenvalue weighted by Crippen LogP contribution is -2.49. The molecule has 0 saturated carbocycles. The average Bonchev–Trinajstić information content (AvgIpc) is 3.10. The number of hydrogen-bond acceptors (Lipinski definition) is 8. The minimum atomic E-state index is -4.01. The molecule has 1 aromatic carbocycles. The third-order valence-electron chi connectivity index (χ3n) is 4.23. The first-order chi connectivity index (χ1) is 12.8. The van der Waals surface area contributed by atoms with E-state index in [1.165, 1.54) is 39.4 Å². The van der Waals surface area contributed by atoms with Crippen molar-refractivity contribution in [3.05, 3.63) is 56.8 Å². The molecular weight excluding hydrogens is 380 g/mol. The van der Waals surface area contributed by atoms with E-state index in [9.17, 15) is 28.6 Å². The van der Waals surface area contributed by atoms with Crippen molar-refractivity contribution in [2.24, 2.45) is 0 Å². The van der Waals surface area contributed by atoms with Crippen LogP contribution in [-0.4, -0.2) is 63.4 Å². The summed E-state index contributed by atoms with van der Waals surface area (Å²) >= 11 is 0. The Labute approximate surface area is 154 Å². The molecule has 27 heavy (non-hydrogen) atoms. The number of nitrogens with zero attached hydrogens (tertiary/aromatic N) is 6. The second-order valence-electron chi connectivity index (χ2n) is 5.83. The van der Waals surface area contributed by atoms with E-state index >= 15 is 0 Å². The van der Waals surface area contributed by atoms with Crippen LogP contribution < -0.4 is 0 Å². The number of aromatic nitrogens is 2. The van der Waals surface area contributed by atoms with Crippen molar-refractivity contribution >= 4 is 21.5 Å². The molecule has 0 radical (unpaired) electrons. The molecule has 2 heterocycles. The summed E-state index contributed by atoms with van der Waals surface area (Å²) in [5, 5.41) is 26.0. The van der Waals surface area contributed by atoms with Gasteiger partial charge in [0.1, 0.15) is 0 Å². The highest BCUT2D eigenvalue weighted by molar-refractivity contribution is 7.89. The van der Waals surface area contributed by atoms with Crippen molar-refractivity contribution in [1.82, 2.24) is 19.0 Å². The molecule has 3 rings (SSSR count). The predicted octanol–water partition coefficient (Wildman–Crippen LogP) is 0.663. The van der Waals surface area contributed by atoms with E-state index in [1.54, 1.807) is 0 Å². The maximum absolute atomic E-state index is 12.8. The zero-order chi connectivity index (χ0) is 19.6.